The number of benzene rings is 3. The van der Waals surface area contributed by atoms with Crippen molar-refractivity contribution in [3.05, 3.63) is 86.3 Å². The Labute approximate surface area is 221 Å². The summed E-state index contributed by atoms with van der Waals surface area (Å²) in [5.41, 5.74) is 0.540. The zero-order chi connectivity index (χ0) is 25.6. The number of carbonyl (C=O) groups excluding carboxylic acids is 1. The van der Waals surface area contributed by atoms with Crippen LogP contribution in [0.1, 0.15) is 12.5 Å². The Kier molecular flexibility index (Phi) is 8.81. The van der Waals surface area contributed by atoms with Crippen LogP contribution in [0.15, 0.2) is 75.6 Å². The van der Waals surface area contributed by atoms with E-state index in [4.69, 9.17) is 32.1 Å². The lowest BCUT2D eigenvalue weighted by atomic mass is 10.1. The molecule has 0 heterocycles. The highest BCUT2D eigenvalue weighted by molar-refractivity contribution is 9.10. The van der Waals surface area contributed by atoms with Crippen LogP contribution in [-0.2, 0) is 14.9 Å². The molecule has 0 aliphatic heterocycles. The van der Waals surface area contributed by atoms with Crippen LogP contribution in [0.25, 0.3) is 6.08 Å². The van der Waals surface area contributed by atoms with Crippen LogP contribution < -0.4 is 14.2 Å². The van der Waals surface area contributed by atoms with Crippen molar-refractivity contribution in [2.24, 2.45) is 0 Å². The van der Waals surface area contributed by atoms with Gasteiger partial charge in [-0.05, 0) is 77.0 Å². The molecule has 0 bridgehead atoms. The second-order valence-corrected chi connectivity index (χ2v) is 10.1. The number of anilines is 1. The molecule has 0 spiro atoms. The van der Waals surface area contributed by atoms with Gasteiger partial charge >= 0.3 is 10.1 Å². The monoisotopic (exact) mass is 594 g/mol. The van der Waals surface area contributed by atoms with Gasteiger partial charge in [0.2, 0.25) is 0 Å². The van der Waals surface area contributed by atoms with Crippen LogP contribution in [0, 0.1) is 11.3 Å². The predicted octanol–water partition coefficient (Wildman–Crippen LogP) is 6.47. The number of carbonyl (C=O) groups is 1. The summed E-state index contributed by atoms with van der Waals surface area (Å²) in [4.78, 5) is 12.6. The molecule has 0 aliphatic carbocycles. The summed E-state index contributed by atoms with van der Waals surface area (Å²) in [6, 6.07) is 17.0. The first-order valence-electron chi connectivity index (χ1n) is 9.98. The molecular weight excluding hydrogens is 579 g/mol. The Balaban J connectivity index is 1.93. The molecule has 3 aromatic rings. The third-order valence-electron chi connectivity index (χ3n) is 4.41. The number of rotatable bonds is 8. The minimum absolute atomic E-state index is 0.0240. The fourth-order valence-corrected chi connectivity index (χ4v) is 4.77. The minimum atomic E-state index is -4.13. The van der Waals surface area contributed by atoms with Crippen molar-refractivity contribution in [3.8, 4) is 17.6 Å². The van der Waals surface area contributed by atoms with E-state index < -0.39 is 16.0 Å². The number of hydrogen-bond donors (Lipinski definition) is 1. The third-order valence-corrected chi connectivity index (χ3v) is 6.97. The van der Waals surface area contributed by atoms with Gasteiger partial charge < -0.3 is 14.2 Å². The van der Waals surface area contributed by atoms with Gasteiger partial charge in [-0.2, -0.15) is 13.7 Å². The summed E-state index contributed by atoms with van der Waals surface area (Å²) in [7, 11) is -4.13. The highest BCUT2D eigenvalue weighted by Crippen LogP contribution is 2.39. The summed E-state index contributed by atoms with van der Waals surface area (Å²) >= 11 is 15.2. The first kappa shape index (κ1) is 26.6. The maximum absolute atomic E-state index is 12.7. The van der Waals surface area contributed by atoms with Gasteiger partial charge in [0, 0.05) is 5.69 Å². The predicted molar refractivity (Wildman–Crippen MR) is 138 cm³/mol. The van der Waals surface area contributed by atoms with Crippen LogP contribution in [-0.4, -0.2) is 20.9 Å². The fraction of sp³-hybridized carbons (Fsp3) is 0.0833. The molecule has 0 unspecified atom stereocenters. The van der Waals surface area contributed by atoms with E-state index in [0.717, 1.165) is 0 Å². The molecule has 0 saturated carbocycles. The van der Waals surface area contributed by atoms with Gasteiger partial charge in [0.05, 0.1) is 21.1 Å². The lowest BCUT2D eigenvalue weighted by Gasteiger charge is -2.14. The van der Waals surface area contributed by atoms with Crippen molar-refractivity contribution in [2.45, 2.75) is 11.8 Å². The van der Waals surface area contributed by atoms with Crippen LogP contribution >= 0.6 is 39.1 Å². The molecule has 0 fully saturated rings. The quantitative estimate of drug-likeness (QED) is 0.182. The molecule has 11 heteroatoms. The van der Waals surface area contributed by atoms with E-state index in [1.807, 2.05) is 6.07 Å². The molecule has 0 aromatic heterocycles. The Morgan fingerprint density at radius 1 is 1.11 bits per heavy atom. The van der Waals surface area contributed by atoms with Crippen LogP contribution in [0.3, 0.4) is 0 Å². The number of ether oxygens (including phenoxy) is 1. The average molecular weight is 596 g/mol. The smallest absolute Gasteiger partial charge is 0.339 e. The van der Waals surface area contributed by atoms with Gasteiger partial charge in [0.25, 0.3) is 5.91 Å². The molecule has 180 valence electrons. The van der Waals surface area contributed by atoms with Crippen LogP contribution in [0.4, 0.5) is 5.69 Å². The molecule has 0 aliphatic rings. The molecule has 0 atom stereocenters. The minimum Gasteiger partial charge on any atom is -0.490 e. The van der Waals surface area contributed by atoms with E-state index in [2.05, 4.69) is 21.2 Å². The van der Waals surface area contributed by atoms with Gasteiger partial charge in [-0.25, -0.2) is 0 Å². The van der Waals surface area contributed by atoms with Gasteiger partial charge in [0.1, 0.15) is 16.5 Å². The molecule has 0 saturated heterocycles. The number of amides is 1. The zero-order valence-electron chi connectivity index (χ0n) is 18.1. The fourth-order valence-electron chi connectivity index (χ4n) is 2.85. The summed E-state index contributed by atoms with van der Waals surface area (Å²) in [5.74, 6) is -0.631. The van der Waals surface area contributed by atoms with Crippen LogP contribution in [0.2, 0.25) is 10.0 Å². The van der Waals surface area contributed by atoms with E-state index in [-0.39, 0.29) is 38.1 Å². The maximum Gasteiger partial charge on any atom is 0.339 e. The number of nitrogens with one attached hydrogen (secondary N) is 1. The highest BCUT2D eigenvalue weighted by atomic mass is 79.9. The first-order valence-corrected chi connectivity index (χ1v) is 12.9. The van der Waals surface area contributed by atoms with Crippen molar-refractivity contribution < 1.29 is 22.1 Å². The largest absolute Gasteiger partial charge is 0.490 e. The van der Waals surface area contributed by atoms with Gasteiger partial charge in [-0.1, -0.05) is 41.4 Å². The second-order valence-electron chi connectivity index (χ2n) is 6.87. The summed E-state index contributed by atoms with van der Waals surface area (Å²) < 4.78 is 36.6. The number of nitriles is 1. The number of nitrogens with zero attached hydrogens (tertiary/aromatic N) is 1. The average Bonchev–Trinajstić information content (AvgIpc) is 2.82. The van der Waals surface area contributed by atoms with Crippen molar-refractivity contribution >= 4 is 66.9 Å². The summed E-state index contributed by atoms with van der Waals surface area (Å²) in [5, 5.41) is 12.7. The van der Waals surface area contributed by atoms with Crippen molar-refractivity contribution in [1.82, 2.24) is 0 Å². The van der Waals surface area contributed by atoms with E-state index >= 15 is 0 Å². The van der Waals surface area contributed by atoms with Gasteiger partial charge in [-0.15, -0.1) is 0 Å². The Morgan fingerprint density at radius 3 is 2.46 bits per heavy atom. The molecule has 1 amide bonds. The van der Waals surface area contributed by atoms with Crippen molar-refractivity contribution in [2.75, 3.05) is 11.9 Å². The topological polar surface area (TPSA) is 105 Å². The first-order chi connectivity index (χ1) is 16.6. The molecule has 1 N–H and O–H groups in total. The lowest BCUT2D eigenvalue weighted by molar-refractivity contribution is -0.112. The van der Waals surface area contributed by atoms with E-state index in [9.17, 15) is 18.5 Å². The molecule has 7 nitrogen and oxygen atoms in total. The standard InChI is InChI=1S/C24H17BrCl2N2O5S/c1-2-33-22-12-15(10-16(14-28)24(30)29-17-8-9-20(26)21(27)13-17)11-19(25)23(22)34-35(31,32)18-6-4-3-5-7-18/h3-13H,2H2,1H3,(H,29,30)/b16-10+. The molecule has 3 rings (SSSR count). The number of hydrogen-bond acceptors (Lipinski definition) is 6. The zero-order valence-corrected chi connectivity index (χ0v) is 22.0. The third kappa shape index (κ3) is 6.77. The Bertz CT molecular complexity index is 1440. The van der Waals surface area contributed by atoms with Gasteiger partial charge in [-0.3, -0.25) is 4.79 Å². The lowest BCUT2D eigenvalue weighted by Crippen LogP contribution is -2.13. The van der Waals surface area contributed by atoms with Crippen molar-refractivity contribution in [3.63, 3.8) is 0 Å². The summed E-state index contributed by atoms with van der Waals surface area (Å²) in [6.07, 6.45) is 1.33. The highest BCUT2D eigenvalue weighted by Gasteiger charge is 2.22. The normalized spacial score (nSPS) is 11.5. The molecular formula is C24H17BrCl2N2O5S. The van der Waals surface area contributed by atoms with E-state index in [1.54, 1.807) is 31.2 Å². The van der Waals surface area contributed by atoms with Crippen molar-refractivity contribution in [1.29, 1.82) is 5.26 Å². The Hall–Kier alpha value is -3.03. The summed E-state index contributed by atoms with van der Waals surface area (Å²) in [6.45, 7) is 1.93. The SMILES string of the molecule is CCOc1cc(/C=C(\C#N)C(=O)Nc2ccc(Cl)c(Cl)c2)cc(Br)c1OS(=O)(=O)c1ccccc1. The molecule has 3 aromatic carbocycles. The number of halogens is 3. The second kappa shape index (κ2) is 11.6. The van der Waals surface area contributed by atoms with Gasteiger partial charge in [0.15, 0.2) is 11.5 Å². The van der Waals surface area contributed by atoms with Crippen LogP contribution in [0.5, 0.6) is 11.5 Å². The molecule has 0 radical (unpaired) electrons. The maximum atomic E-state index is 12.7. The Morgan fingerprint density at radius 2 is 1.83 bits per heavy atom. The van der Waals surface area contributed by atoms with E-state index in [1.165, 1.54) is 42.5 Å². The molecule has 35 heavy (non-hydrogen) atoms. The van der Waals surface area contributed by atoms with E-state index in [0.29, 0.717) is 16.3 Å².